The van der Waals surface area contributed by atoms with Gasteiger partial charge in [0.25, 0.3) is 5.24 Å². The summed E-state index contributed by atoms with van der Waals surface area (Å²) in [7, 11) is 0. The summed E-state index contributed by atoms with van der Waals surface area (Å²) in [5, 5.41) is 2.11. The molecule has 1 aromatic heterocycles. The molecule has 4 nitrogen and oxygen atoms in total. The number of halogens is 1. The highest BCUT2D eigenvalue weighted by molar-refractivity contribution is 6.67. The number of rotatable bonds is 6. The van der Waals surface area contributed by atoms with Crippen LogP contribution < -0.4 is 5.32 Å². The molecule has 0 atom stereocenters. The molecule has 0 saturated carbocycles. The number of hydrogen-bond acceptors (Lipinski definition) is 3. The van der Waals surface area contributed by atoms with Gasteiger partial charge in [-0.2, -0.15) is 0 Å². The van der Waals surface area contributed by atoms with E-state index in [2.05, 4.69) is 17.2 Å². The van der Waals surface area contributed by atoms with Crippen LogP contribution in [0.1, 0.15) is 43.0 Å². The third-order valence-corrected chi connectivity index (χ3v) is 2.48. The maximum atomic E-state index is 11.5. The highest BCUT2D eigenvalue weighted by atomic mass is 35.5. The molecule has 17 heavy (non-hydrogen) atoms. The zero-order chi connectivity index (χ0) is 12.7. The number of anilines is 1. The van der Waals surface area contributed by atoms with Crippen molar-refractivity contribution in [2.75, 3.05) is 5.32 Å². The number of carbonyl (C=O) groups is 2. The summed E-state index contributed by atoms with van der Waals surface area (Å²) < 4.78 is 0. The number of aromatic nitrogens is 1. The number of nitrogens with one attached hydrogen (secondary N) is 1. The zero-order valence-corrected chi connectivity index (χ0v) is 10.5. The lowest BCUT2D eigenvalue weighted by Gasteiger charge is -2.04. The molecule has 0 saturated heterocycles. The first-order valence-electron chi connectivity index (χ1n) is 5.59. The van der Waals surface area contributed by atoms with E-state index in [4.69, 9.17) is 11.6 Å². The quantitative estimate of drug-likeness (QED) is 0.627. The van der Waals surface area contributed by atoms with E-state index in [1.165, 1.54) is 12.3 Å². The van der Waals surface area contributed by atoms with Gasteiger partial charge in [-0.3, -0.25) is 9.59 Å². The number of pyridine rings is 1. The SMILES string of the molecule is CCCCCC(=O)Nc1ccc(C(=O)Cl)cn1. The number of amides is 1. The summed E-state index contributed by atoms with van der Waals surface area (Å²) in [6.45, 7) is 2.08. The lowest BCUT2D eigenvalue weighted by Crippen LogP contribution is -2.12. The number of carbonyl (C=O) groups excluding carboxylic acids is 2. The number of nitrogens with zero attached hydrogens (tertiary/aromatic N) is 1. The number of unbranched alkanes of at least 4 members (excludes halogenated alkanes) is 2. The fourth-order valence-corrected chi connectivity index (χ4v) is 1.44. The van der Waals surface area contributed by atoms with Crippen LogP contribution in [0.25, 0.3) is 0 Å². The Balaban J connectivity index is 2.46. The van der Waals surface area contributed by atoms with E-state index in [9.17, 15) is 9.59 Å². The molecule has 92 valence electrons. The number of hydrogen-bond donors (Lipinski definition) is 1. The van der Waals surface area contributed by atoms with Gasteiger partial charge in [0, 0.05) is 12.6 Å². The van der Waals surface area contributed by atoms with Crippen molar-refractivity contribution in [2.24, 2.45) is 0 Å². The Morgan fingerprint density at radius 3 is 2.65 bits per heavy atom. The van der Waals surface area contributed by atoms with Gasteiger partial charge < -0.3 is 5.32 Å². The Kier molecular flexibility index (Phi) is 5.63. The minimum atomic E-state index is -0.557. The van der Waals surface area contributed by atoms with Gasteiger partial charge in [0.2, 0.25) is 5.91 Å². The minimum absolute atomic E-state index is 0.0594. The first-order chi connectivity index (χ1) is 8.13. The van der Waals surface area contributed by atoms with Gasteiger partial charge in [-0.25, -0.2) is 4.98 Å². The van der Waals surface area contributed by atoms with Crippen molar-refractivity contribution in [1.29, 1.82) is 0 Å². The summed E-state index contributed by atoms with van der Waals surface area (Å²) in [6, 6.07) is 3.09. The molecule has 1 aromatic rings. The monoisotopic (exact) mass is 254 g/mol. The largest absolute Gasteiger partial charge is 0.311 e. The fourth-order valence-electron chi connectivity index (χ4n) is 1.32. The van der Waals surface area contributed by atoms with Crippen molar-refractivity contribution in [3.05, 3.63) is 23.9 Å². The molecule has 0 aliphatic carbocycles. The Hall–Kier alpha value is -1.42. The molecule has 0 unspecified atom stereocenters. The second-order valence-corrected chi connectivity index (χ2v) is 4.05. The van der Waals surface area contributed by atoms with E-state index in [0.29, 0.717) is 17.8 Å². The molecule has 0 bridgehead atoms. The van der Waals surface area contributed by atoms with Crippen LogP contribution in [0, 0.1) is 0 Å². The molecular formula is C12H15ClN2O2. The molecule has 0 spiro atoms. The normalized spacial score (nSPS) is 10.0. The average molecular weight is 255 g/mol. The van der Waals surface area contributed by atoms with Crippen LogP contribution in [-0.4, -0.2) is 16.1 Å². The zero-order valence-electron chi connectivity index (χ0n) is 9.70. The summed E-state index contributed by atoms with van der Waals surface area (Å²) in [6.07, 6.45) is 4.84. The predicted octanol–water partition coefficient (Wildman–Crippen LogP) is 2.98. The van der Waals surface area contributed by atoms with Crippen LogP contribution in [-0.2, 0) is 4.79 Å². The summed E-state index contributed by atoms with van der Waals surface area (Å²) in [4.78, 5) is 26.2. The Bertz CT molecular complexity index is 390. The molecule has 0 aromatic carbocycles. The Morgan fingerprint density at radius 2 is 2.12 bits per heavy atom. The van der Waals surface area contributed by atoms with Gasteiger partial charge in [-0.1, -0.05) is 19.8 Å². The molecule has 1 amide bonds. The van der Waals surface area contributed by atoms with Gasteiger partial charge in [0.1, 0.15) is 5.82 Å². The first kappa shape index (κ1) is 13.6. The molecule has 1 N–H and O–H groups in total. The third-order valence-electron chi connectivity index (χ3n) is 2.27. The molecule has 0 aliphatic rings. The maximum absolute atomic E-state index is 11.5. The van der Waals surface area contributed by atoms with Crippen molar-refractivity contribution in [1.82, 2.24) is 4.98 Å². The highest BCUT2D eigenvalue weighted by Gasteiger charge is 2.05. The van der Waals surface area contributed by atoms with E-state index in [-0.39, 0.29) is 5.91 Å². The predicted molar refractivity (Wildman–Crippen MR) is 67.2 cm³/mol. The maximum Gasteiger partial charge on any atom is 0.253 e. The van der Waals surface area contributed by atoms with Crippen molar-refractivity contribution in [3.63, 3.8) is 0 Å². The van der Waals surface area contributed by atoms with Crippen LogP contribution in [0.4, 0.5) is 5.82 Å². The van der Waals surface area contributed by atoms with Crippen molar-refractivity contribution in [3.8, 4) is 0 Å². The topological polar surface area (TPSA) is 59.1 Å². The lowest BCUT2D eigenvalue weighted by molar-refractivity contribution is -0.116. The lowest BCUT2D eigenvalue weighted by atomic mass is 10.2. The van der Waals surface area contributed by atoms with Crippen molar-refractivity contribution < 1.29 is 9.59 Å². The second kappa shape index (κ2) is 7.01. The van der Waals surface area contributed by atoms with E-state index < -0.39 is 5.24 Å². The van der Waals surface area contributed by atoms with Crippen molar-refractivity contribution in [2.45, 2.75) is 32.6 Å². The van der Waals surface area contributed by atoms with E-state index in [1.807, 2.05) is 0 Å². The van der Waals surface area contributed by atoms with Gasteiger partial charge in [-0.05, 0) is 30.2 Å². The molecular weight excluding hydrogens is 240 g/mol. The Morgan fingerprint density at radius 1 is 1.35 bits per heavy atom. The van der Waals surface area contributed by atoms with Crippen LogP contribution in [0.5, 0.6) is 0 Å². The standard InChI is InChI=1S/C12H15ClN2O2/c1-2-3-4-5-11(16)15-10-7-6-9(8-14-10)12(13)17/h6-8H,2-5H2,1H3,(H,14,15,16). The van der Waals surface area contributed by atoms with Gasteiger partial charge in [-0.15, -0.1) is 0 Å². The molecule has 1 rings (SSSR count). The summed E-state index contributed by atoms with van der Waals surface area (Å²) in [5.74, 6) is 0.379. The molecule has 0 aliphatic heterocycles. The molecule has 0 fully saturated rings. The molecule has 1 heterocycles. The first-order valence-corrected chi connectivity index (χ1v) is 5.97. The van der Waals surface area contributed by atoms with Gasteiger partial charge >= 0.3 is 0 Å². The van der Waals surface area contributed by atoms with Gasteiger partial charge in [0.05, 0.1) is 5.56 Å². The second-order valence-electron chi connectivity index (χ2n) is 3.71. The van der Waals surface area contributed by atoms with Crippen LogP contribution in [0.3, 0.4) is 0 Å². The highest BCUT2D eigenvalue weighted by Crippen LogP contribution is 2.08. The van der Waals surface area contributed by atoms with Crippen LogP contribution in [0.2, 0.25) is 0 Å². The van der Waals surface area contributed by atoms with Crippen LogP contribution in [0.15, 0.2) is 18.3 Å². The summed E-state index contributed by atoms with van der Waals surface area (Å²) in [5.41, 5.74) is 0.315. The van der Waals surface area contributed by atoms with E-state index >= 15 is 0 Å². The van der Waals surface area contributed by atoms with Crippen molar-refractivity contribution >= 4 is 28.6 Å². The Labute approximate surface area is 105 Å². The summed E-state index contributed by atoms with van der Waals surface area (Å²) >= 11 is 5.28. The van der Waals surface area contributed by atoms with E-state index in [0.717, 1.165) is 19.3 Å². The fraction of sp³-hybridized carbons (Fsp3) is 0.417. The third kappa shape index (κ3) is 4.95. The minimum Gasteiger partial charge on any atom is -0.311 e. The molecule has 5 heteroatoms. The smallest absolute Gasteiger partial charge is 0.253 e. The average Bonchev–Trinajstić information content (AvgIpc) is 2.30. The van der Waals surface area contributed by atoms with Crippen LogP contribution >= 0.6 is 11.6 Å². The van der Waals surface area contributed by atoms with E-state index in [1.54, 1.807) is 6.07 Å². The molecule has 0 radical (unpaired) electrons. The van der Waals surface area contributed by atoms with Gasteiger partial charge in [0.15, 0.2) is 0 Å².